The van der Waals surface area contributed by atoms with E-state index in [9.17, 15) is 9.59 Å². The van der Waals surface area contributed by atoms with Crippen molar-refractivity contribution in [1.82, 2.24) is 14.5 Å². The average Bonchev–Trinajstić information content (AvgIpc) is 2.88. The van der Waals surface area contributed by atoms with E-state index < -0.39 is 5.97 Å². The smallest absolute Gasteiger partial charge is 0.335 e. The Bertz CT molecular complexity index is 659. The zero-order valence-electron chi connectivity index (χ0n) is 12.2. The second-order valence-corrected chi connectivity index (χ2v) is 4.76. The number of amides is 1. The first-order valence-electron chi connectivity index (χ1n) is 7.02. The quantitative estimate of drug-likeness (QED) is 0.882. The van der Waals surface area contributed by atoms with Gasteiger partial charge >= 0.3 is 5.97 Å². The van der Waals surface area contributed by atoms with E-state index in [1.165, 1.54) is 6.07 Å². The number of aromatic nitrogens is 2. The summed E-state index contributed by atoms with van der Waals surface area (Å²) in [5.74, 6) is -0.875. The molecule has 2 rings (SSSR count). The molecule has 1 amide bonds. The largest absolute Gasteiger partial charge is 0.478 e. The molecule has 0 aliphatic rings. The van der Waals surface area contributed by atoms with Gasteiger partial charge in [0.15, 0.2) is 0 Å². The van der Waals surface area contributed by atoms with Gasteiger partial charge in [-0.15, -0.1) is 0 Å². The fourth-order valence-electron chi connectivity index (χ4n) is 2.32. The Kier molecular flexibility index (Phi) is 4.57. The van der Waals surface area contributed by atoms with Gasteiger partial charge in [-0.25, -0.2) is 9.78 Å². The van der Waals surface area contributed by atoms with Gasteiger partial charge < -0.3 is 14.6 Å². The molecule has 112 valence electrons. The van der Waals surface area contributed by atoms with Gasteiger partial charge in [-0.1, -0.05) is 0 Å². The van der Waals surface area contributed by atoms with Crippen LogP contribution in [0.3, 0.4) is 0 Å². The van der Waals surface area contributed by atoms with Crippen molar-refractivity contribution in [3.8, 4) is 0 Å². The Balaban J connectivity index is 2.17. The van der Waals surface area contributed by atoms with Crippen LogP contribution in [0.1, 0.15) is 30.6 Å². The Labute approximate surface area is 123 Å². The molecule has 21 heavy (non-hydrogen) atoms. The molecule has 1 aromatic heterocycles. The van der Waals surface area contributed by atoms with Gasteiger partial charge in [-0.05, 0) is 32.0 Å². The van der Waals surface area contributed by atoms with Gasteiger partial charge in [-0.3, -0.25) is 4.79 Å². The lowest BCUT2D eigenvalue weighted by molar-refractivity contribution is -0.131. The summed E-state index contributed by atoms with van der Waals surface area (Å²) in [5.41, 5.74) is 1.69. The zero-order chi connectivity index (χ0) is 15.4. The molecule has 6 heteroatoms. The van der Waals surface area contributed by atoms with Crippen LogP contribution in [0.15, 0.2) is 24.5 Å². The van der Waals surface area contributed by atoms with E-state index in [4.69, 9.17) is 5.11 Å². The molecule has 0 spiro atoms. The molecule has 0 atom stereocenters. The van der Waals surface area contributed by atoms with Gasteiger partial charge in [0.05, 0.1) is 22.9 Å². The minimum atomic E-state index is -0.969. The van der Waals surface area contributed by atoms with Crippen molar-refractivity contribution >= 4 is 22.9 Å². The monoisotopic (exact) mass is 289 g/mol. The van der Waals surface area contributed by atoms with E-state index in [1.54, 1.807) is 23.4 Å². The van der Waals surface area contributed by atoms with Gasteiger partial charge in [0.25, 0.3) is 0 Å². The zero-order valence-corrected chi connectivity index (χ0v) is 12.2. The van der Waals surface area contributed by atoms with Gasteiger partial charge in [0.2, 0.25) is 5.91 Å². The highest BCUT2D eigenvalue weighted by Gasteiger charge is 2.12. The van der Waals surface area contributed by atoms with Gasteiger partial charge in [0, 0.05) is 26.1 Å². The average molecular weight is 289 g/mol. The van der Waals surface area contributed by atoms with Crippen LogP contribution in [0.4, 0.5) is 0 Å². The minimum Gasteiger partial charge on any atom is -0.478 e. The summed E-state index contributed by atoms with van der Waals surface area (Å²) < 4.78 is 1.82. The molecule has 2 aromatic rings. The predicted molar refractivity (Wildman–Crippen MR) is 79.2 cm³/mol. The maximum absolute atomic E-state index is 12.0. The first-order valence-corrected chi connectivity index (χ1v) is 7.02. The van der Waals surface area contributed by atoms with E-state index in [1.807, 2.05) is 18.4 Å². The van der Waals surface area contributed by atoms with Crippen LogP contribution in [0.25, 0.3) is 11.0 Å². The topological polar surface area (TPSA) is 75.4 Å². The highest BCUT2D eigenvalue weighted by molar-refractivity contribution is 5.92. The SMILES string of the molecule is CCN(CC)C(=O)CCn1cnc2ccc(C(=O)O)cc21. The Morgan fingerprint density at radius 2 is 2.00 bits per heavy atom. The van der Waals surface area contributed by atoms with E-state index in [0.29, 0.717) is 26.1 Å². The van der Waals surface area contributed by atoms with Crippen LogP contribution in [0.5, 0.6) is 0 Å². The molecule has 0 unspecified atom stereocenters. The molecule has 0 fully saturated rings. The lowest BCUT2D eigenvalue weighted by Crippen LogP contribution is -2.31. The molecule has 1 aromatic carbocycles. The number of benzene rings is 1. The van der Waals surface area contributed by atoms with Crippen LogP contribution < -0.4 is 0 Å². The summed E-state index contributed by atoms with van der Waals surface area (Å²) in [6.07, 6.45) is 2.02. The first-order chi connectivity index (χ1) is 10.1. The summed E-state index contributed by atoms with van der Waals surface area (Å²) in [6, 6.07) is 4.80. The number of aromatic carboxylic acids is 1. The number of fused-ring (bicyclic) bond motifs is 1. The fraction of sp³-hybridized carbons (Fsp3) is 0.400. The normalized spacial score (nSPS) is 10.8. The second-order valence-electron chi connectivity index (χ2n) is 4.76. The molecule has 0 saturated heterocycles. The van der Waals surface area contributed by atoms with Crippen LogP contribution in [-0.4, -0.2) is 44.5 Å². The van der Waals surface area contributed by atoms with Crippen molar-refractivity contribution in [2.75, 3.05) is 13.1 Å². The van der Waals surface area contributed by atoms with E-state index >= 15 is 0 Å². The highest BCUT2D eigenvalue weighted by atomic mass is 16.4. The molecule has 0 radical (unpaired) electrons. The van der Waals surface area contributed by atoms with Crippen molar-refractivity contribution in [2.24, 2.45) is 0 Å². The third kappa shape index (κ3) is 3.21. The number of hydrogen-bond acceptors (Lipinski definition) is 3. The maximum atomic E-state index is 12.0. The number of aryl methyl sites for hydroxylation is 1. The molecule has 6 nitrogen and oxygen atoms in total. The molecular weight excluding hydrogens is 270 g/mol. The molecule has 1 N–H and O–H groups in total. The Hall–Kier alpha value is -2.37. The molecule has 1 heterocycles. The number of carbonyl (C=O) groups excluding carboxylic acids is 1. The second kappa shape index (κ2) is 6.39. The number of carboxylic acids is 1. The number of hydrogen-bond donors (Lipinski definition) is 1. The lowest BCUT2D eigenvalue weighted by Gasteiger charge is -2.18. The lowest BCUT2D eigenvalue weighted by atomic mass is 10.2. The standard InChI is InChI=1S/C15H19N3O3/c1-3-17(4-2)14(19)7-8-18-10-16-12-6-5-11(15(20)21)9-13(12)18/h5-6,9-10H,3-4,7-8H2,1-2H3,(H,20,21). The predicted octanol–water partition coefficient (Wildman–Crippen LogP) is 1.99. The molecular formula is C15H19N3O3. The third-order valence-electron chi connectivity index (χ3n) is 3.55. The van der Waals surface area contributed by atoms with Gasteiger partial charge in [-0.2, -0.15) is 0 Å². The van der Waals surface area contributed by atoms with Gasteiger partial charge in [0.1, 0.15) is 0 Å². The molecule has 0 saturated carbocycles. The maximum Gasteiger partial charge on any atom is 0.335 e. The molecule has 0 aliphatic carbocycles. The third-order valence-corrected chi connectivity index (χ3v) is 3.55. The van der Waals surface area contributed by atoms with Crippen molar-refractivity contribution in [3.63, 3.8) is 0 Å². The first kappa shape index (κ1) is 15.0. The molecule has 0 bridgehead atoms. The van der Waals surface area contributed by atoms with Crippen LogP contribution >= 0.6 is 0 Å². The minimum absolute atomic E-state index is 0.0937. The van der Waals surface area contributed by atoms with E-state index in [0.717, 1.165) is 11.0 Å². The van der Waals surface area contributed by atoms with Crippen molar-refractivity contribution in [3.05, 3.63) is 30.1 Å². The summed E-state index contributed by atoms with van der Waals surface area (Å²) in [6.45, 7) is 5.79. The van der Waals surface area contributed by atoms with Crippen LogP contribution in [-0.2, 0) is 11.3 Å². The van der Waals surface area contributed by atoms with E-state index in [-0.39, 0.29) is 11.5 Å². The summed E-state index contributed by atoms with van der Waals surface area (Å²) in [4.78, 5) is 29.0. The summed E-state index contributed by atoms with van der Waals surface area (Å²) in [7, 11) is 0. The number of carboxylic acid groups (broad SMARTS) is 1. The fourth-order valence-corrected chi connectivity index (χ4v) is 2.32. The number of carbonyl (C=O) groups is 2. The highest BCUT2D eigenvalue weighted by Crippen LogP contribution is 2.16. The van der Waals surface area contributed by atoms with Crippen LogP contribution in [0, 0.1) is 0 Å². The Morgan fingerprint density at radius 1 is 1.29 bits per heavy atom. The van der Waals surface area contributed by atoms with Crippen LogP contribution in [0.2, 0.25) is 0 Å². The molecule has 0 aliphatic heterocycles. The Morgan fingerprint density at radius 3 is 2.62 bits per heavy atom. The van der Waals surface area contributed by atoms with E-state index in [2.05, 4.69) is 4.98 Å². The number of nitrogens with zero attached hydrogens (tertiary/aromatic N) is 3. The number of imidazole rings is 1. The summed E-state index contributed by atoms with van der Waals surface area (Å²) in [5, 5.41) is 9.04. The van der Waals surface area contributed by atoms with Crippen molar-refractivity contribution in [2.45, 2.75) is 26.8 Å². The van der Waals surface area contributed by atoms with Crippen molar-refractivity contribution in [1.29, 1.82) is 0 Å². The number of rotatable bonds is 6. The van der Waals surface area contributed by atoms with Crippen molar-refractivity contribution < 1.29 is 14.7 Å². The summed E-state index contributed by atoms with van der Waals surface area (Å²) >= 11 is 0.